The molecule has 1 N–H and O–H groups in total. The number of anilines is 1. The largest absolute Gasteiger partial charge is 0.325 e. The summed E-state index contributed by atoms with van der Waals surface area (Å²) in [6.45, 7) is 3.77. The smallest absolute Gasteiger partial charge is 0.266 e. The van der Waals surface area contributed by atoms with E-state index in [4.69, 9.17) is 4.98 Å². The molecule has 30 heavy (non-hydrogen) atoms. The number of carbonyl (C=O) groups excluding carboxylic acids is 1. The van der Waals surface area contributed by atoms with E-state index in [2.05, 4.69) is 5.32 Å². The van der Waals surface area contributed by atoms with E-state index in [1.54, 1.807) is 10.6 Å². The molecule has 0 fully saturated rings. The Labute approximate surface area is 178 Å². The van der Waals surface area contributed by atoms with Gasteiger partial charge in [-0.1, -0.05) is 60.3 Å². The third-order valence-corrected chi connectivity index (χ3v) is 5.85. The van der Waals surface area contributed by atoms with E-state index in [0.717, 1.165) is 16.9 Å². The third-order valence-electron chi connectivity index (χ3n) is 4.79. The number of fused-ring (bicyclic) bond motifs is 1. The summed E-state index contributed by atoms with van der Waals surface area (Å²) in [6.07, 6.45) is 0. The molecule has 1 atom stereocenters. The van der Waals surface area contributed by atoms with Crippen LogP contribution in [0.4, 0.5) is 5.69 Å². The molecule has 3 aromatic carbocycles. The van der Waals surface area contributed by atoms with Crippen molar-refractivity contribution in [3.63, 3.8) is 0 Å². The molecule has 0 bridgehead atoms. The van der Waals surface area contributed by atoms with E-state index < -0.39 is 5.25 Å². The number of hydrogen-bond donors (Lipinski definition) is 1. The van der Waals surface area contributed by atoms with Crippen molar-refractivity contribution < 1.29 is 4.79 Å². The van der Waals surface area contributed by atoms with E-state index in [1.807, 2.05) is 86.6 Å². The van der Waals surface area contributed by atoms with Crippen molar-refractivity contribution in [2.75, 3.05) is 5.32 Å². The maximum atomic E-state index is 13.4. The first-order valence-corrected chi connectivity index (χ1v) is 10.5. The first-order chi connectivity index (χ1) is 14.5. The summed E-state index contributed by atoms with van der Waals surface area (Å²) in [6, 6.07) is 24.3. The Balaban J connectivity index is 1.76. The van der Waals surface area contributed by atoms with Crippen molar-refractivity contribution in [3.8, 4) is 5.69 Å². The monoisotopic (exact) mass is 415 g/mol. The Hall–Kier alpha value is -3.38. The molecular weight excluding hydrogens is 394 g/mol. The minimum Gasteiger partial charge on any atom is -0.325 e. The van der Waals surface area contributed by atoms with Crippen molar-refractivity contribution in [1.29, 1.82) is 0 Å². The van der Waals surface area contributed by atoms with E-state index in [-0.39, 0.29) is 11.5 Å². The zero-order chi connectivity index (χ0) is 21.1. The Morgan fingerprint density at radius 2 is 1.63 bits per heavy atom. The zero-order valence-electron chi connectivity index (χ0n) is 16.7. The number of amides is 1. The van der Waals surface area contributed by atoms with Gasteiger partial charge < -0.3 is 5.32 Å². The fourth-order valence-corrected chi connectivity index (χ4v) is 4.12. The molecule has 1 amide bonds. The predicted octanol–water partition coefficient (Wildman–Crippen LogP) is 4.81. The molecule has 0 saturated heterocycles. The maximum Gasteiger partial charge on any atom is 0.266 e. The normalized spacial score (nSPS) is 11.9. The molecule has 150 valence electrons. The summed E-state index contributed by atoms with van der Waals surface area (Å²) in [4.78, 5) is 30.8. The quantitative estimate of drug-likeness (QED) is 0.375. The van der Waals surface area contributed by atoms with Crippen LogP contribution < -0.4 is 10.9 Å². The molecule has 0 aliphatic heterocycles. The lowest BCUT2D eigenvalue weighted by molar-refractivity contribution is -0.115. The average molecular weight is 416 g/mol. The van der Waals surface area contributed by atoms with Crippen molar-refractivity contribution in [3.05, 3.63) is 94.8 Å². The van der Waals surface area contributed by atoms with Gasteiger partial charge in [-0.2, -0.15) is 0 Å². The molecule has 4 rings (SSSR count). The maximum absolute atomic E-state index is 13.4. The molecule has 1 heterocycles. The second-order valence-corrected chi connectivity index (χ2v) is 8.26. The van der Waals surface area contributed by atoms with Crippen LogP contribution in [0.25, 0.3) is 16.6 Å². The number of thioether (sulfide) groups is 1. The highest BCUT2D eigenvalue weighted by Gasteiger charge is 2.21. The molecule has 0 spiro atoms. The van der Waals surface area contributed by atoms with Crippen molar-refractivity contribution >= 4 is 34.3 Å². The van der Waals surface area contributed by atoms with Crippen LogP contribution >= 0.6 is 11.8 Å². The second kappa shape index (κ2) is 8.55. The van der Waals surface area contributed by atoms with E-state index in [0.29, 0.717) is 16.1 Å². The fraction of sp³-hybridized carbons (Fsp3) is 0.125. The fourth-order valence-electron chi connectivity index (χ4n) is 3.20. The van der Waals surface area contributed by atoms with Gasteiger partial charge in [0.25, 0.3) is 5.56 Å². The first-order valence-electron chi connectivity index (χ1n) is 9.65. The van der Waals surface area contributed by atoms with Gasteiger partial charge in [0.1, 0.15) is 0 Å². The molecular formula is C24H21N3O2S. The average Bonchev–Trinajstić information content (AvgIpc) is 2.75. The molecule has 6 heteroatoms. The van der Waals surface area contributed by atoms with E-state index in [1.165, 1.54) is 11.8 Å². The molecule has 4 aromatic rings. The Morgan fingerprint density at radius 3 is 2.40 bits per heavy atom. The molecule has 1 aromatic heterocycles. The lowest BCUT2D eigenvalue weighted by Crippen LogP contribution is -2.26. The van der Waals surface area contributed by atoms with Gasteiger partial charge in [-0.25, -0.2) is 4.98 Å². The summed E-state index contributed by atoms with van der Waals surface area (Å²) in [5, 5.41) is 3.50. The van der Waals surface area contributed by atoms with Gasteiger partial charge in [-0.3, -0.25) is 14.2 Å². The first kappa shape index (κ1) is 19.9. The zero-order valence-corrected chi connectivity index (χ0v) is 17.5. The van der Waals surface area contributed by atoms with Crippen LogP contribution in [0.1, 0.15) is 12.5 Å². The molecule has 0 aliphatic carbocycles. The summed E-state index contributed by atoms with van der Waals surface area (Å²) < 4.78 is 1.61. The van der Waals surface area contributed by atoms with Gasteiger partial charge in [0.05, 0.1) is 21.8 Å². The number of rotatable bonds is 5. The highest BCUT2D eigenvalue weighted by atomic mass is 32.2. The van der Waals surface area contributed by atoms with Crippen molar-refractivity contribution in [1.82, 2.24) is 9.55 Å². The van der Waals surface area contributed by atoms with E-state index >= 15 is 0 Å². The third kappa shape index (κ3) is 4.00. The number of nitrogens with one attached hydrogen (secondary N) is 1. The minimum absolute atomic E-state index is 0.145. The number of hydrogen-bond acceptors (Lipinski definition) is 4. The standard InChI is InChI=1S/C24H21N3O2S/c1-16-10-6-9-15-21(16)27-23(29)19-13-7-8-14-20(19)26-24(27)30-17(2)22(28)25-18-11-4-3-5-12-18/h3-15,17H,1-2H3,(H,25,28)/t17-/m0/s1. The lowest BCUT2D eigenvalue weighted by atomic mass is 10.2. The topological polar surface area (TPSA) is 64.0 Å². The van der Waals surface area contributed by atoms with Crippen LogP contribution in [0, 0.1) is 6.92 Å². The molecule has 0 radical (unpaired) electrons. The highest BCUT2D eigenvalue weighted by molar-refractivity contribution is 8.00. The van der Waals surface area contributed by atoms with Gasteiger partial charge in [-0.15, -0.1) is 0 Å². The Kier molecular flexibility index (Phi) is 5.68. The number of carbonyl (C=O) groups is 1. The van der Waals surface area contributed by atoms with Gasteiger partial charge in [0.15, 0.2) is 5.16 Å². The molecule has 0 aliphatic rings. The van der Waals surface area contributed by atoms with Crippen LogP contribution in [-0.2, 0) is 4.79 Å². The highest BCUT2D eigenvalue weighted by Crippen LogP contribution is 2.27. The van der Waals surface area contributed by atoms with Crippen LogP contribution in [0.2, 0.25) is 0 Å². The number of benzene rings is 3. The van der Waals surface area contributed by atoms with Crippen LogP contribution in [0.15, 0.2) is 88.8 Å². The number of para-hydroxylation sites is 3. The Morgan fingerprint density at radius 1 is 0.967 bits per heavy atom. The van der Waals surface area contributed by atoms with Crippen LogP contribution in [0.5, 0.6) is 0 Å². The van der Waals surface area contributed by atoms with E-state index in [9.17, 15) is 9.59 Å². The minimum atomic E-state index is -0.450. The SMILES string of the molecule is Cc1ccccc1-n1c(S[C@@H](C)C(=O)Nc2ccccc2)nc2ccccc2c1=O. The molecule has 0 saturated carbocycles. The van der Waals surface area contributed by atoms with Gasteiger partial charge in [0, 0.05) is 5.69 Å². The summed E-state index contributed by atoms with van der Waals surface area (Å²) in [5.41, 5.74) is 2.93. The summed E-state index contributed by atoms with van der Waals surface area (Å²) in [5.74, 6) is -0.148. The summed E-state index contributed by atoms with van der Waals surface area (Å²) in [7, 11) is 0. The Bertz CT molecular complexity index is 1270. The van der Waals surface area contributed by atoms with Gasteiger partial charge >= 0.3 is 0 Å². The van der Waals surface area contributed by atoms with Crippen LogP contribution in [0.3, 0.4) is 0 Å². The number of aryl methyl sites for hydroxylation is 1. The predicted molar refractivity (Wildman–Crippen MR) is 122 cm³/mol. The van der Waals surface area contributed by atoms with Crippen LogP contribution in [-0.4, -0.2) is 20.7 Å². The number of nitrogens with zero attached hydrogens (tertiary/aromatic N) is 2. The molecule has 0 unspecified atom stereocenters. The van der Waals surface area contributed by atoms with Gasteiger partial charge in [0.2, 0.25) is 5.91 Å². The van der Waals surface area contributed by atoms with Crippen molar-refractivity contribution in [2.24, 2.45) is 0 Å². The summed E-state index contributed by atoms with van der Waals surface area (Å²) >= 11 is 1.27. The lowest BCUT2D eigenvalue weighted by Gasteiger charge is -2.17. The van der Waals surface area contributed by atoms with Gasteiger partial charge in [-0.05, 0) is 49.7 Å². The molecule has 5 nitrogen and oxygen atoms in total. The number of aromatic nitrogens is 2. The second-order valence-electron chi connectivity index (χ2n) is 6.95. The van der Waals surface area contributed by atoms with Crippen molar-refractivity contribution in [2.45, 2.75) is 24.3 Å².